The van der Waals surface area contributed by atoms with E-state index in [0.29, 0.717) is 11.6 Å². The Kier molecular flexibility index (Phi) is 6.26. The maximum absolute atomic E-state index is 11.5. The number of hydrogen-bond acceptors (Lipinski definition) is 4. The molecule has 0 aliphatic carbocycles. The van der Waals surface area contributed by atoms with Crippen LogP contribution in [-0.4, -0.2) is 35.0 Å². The van der Waals surface area contributed by atoms with Gasteiger partial charge in [0.05, 0.1) is 11.3 Å². The first-order valence-corrected chi connectivity index (χ1v) is 6.49. The Hall–Kier alpha value is -1.50. The normalized spacial score (nSPS) is 15.0. The molecule has 6 nitrogen and oxygen atoms in total. The molecule has 0 atom stereocenters. The summed E-state index contributed by atoms with van der Waals surface area (Å²) in [7, 11) is 0. The van der Waals surface area contributed by atoms with Gasteiger partial charge in [0.1, 0.15) is 5.65 Å². The molecule has 3 heterocycles. The molecular weight excluding hydrogens is 313 g/mol. The highest BCUT2D eigenvalue weighted by atomic mass is 35.5. The average molecular weight is 332 g/mol. The molecule has 8 heteroatoms. The highest BCUT2D eigenvalue weighted by molar-refractivity contribution is 6.05. The van der Waals surface area contributed by atoms with E-state index in [1.165, 1.54) is 6.20 Å². The first kappa shape index (κ1) is 17.6. The molecule has 3 rings (SSSR count). The van der Waals surface area contributed by atoms with Gasteiger partial charge in [-0.15, -0.1) is 24.8 Å². The highest BCUT2D eigenvalue weighted by Crippen LogP contribution is 2.27. The Balaban J connectivity index is 0.00000110. The number of carbonyl (C=O) groups is 1. The number of carbonyl (C=O) groups excluding carboxylic acids is 1. The number of nitrogens with one attached hydrogen (secondary N) is 3. The van der Waals surface area contributed by atoms with E-state index in [1.54, 1.807) is 0 Å². The largest absolute Gasteiger partial charge is 0.381 e. The molecule has 21 heavy (non-hydrogen) atoms. The number of primary amides is 1. The molecule has 1 saturated heterocycles. The molecule has 5 N–H and O–H groups in total. The molecule has 0 aromatic carbocycles. The number of aromatic nitrogens is 2. The van der Waals surface area contributed by atoms with Crippen molar-refractivity contribution in [2.75, 3.05) is 18.4 Å². The second-order valence-corrected chi connectivity index (χ2v) is 4.82. The number of amides is 1. The summed E-state index contributed by atoms with van der Waals surface area (Å²) in [6.45, 7) is 1.98. The summed E-state index contributed by atoms with van der Waals surface area (Å²) in [5.74, 6) is -0.452. The van der Waals surface area contributed by atoms with E-state index in [4.69, 9.17) is 5.73 Å². The van der Waals surface area contributed by atoms with Crippen LogP contribution in [0.4, 0.5) is 5.69 Å². The van der Waals surface area contributed by atoms with Crippen LogP contribution < -0.4 is 16.4 Å². The number of pyridine rings is 1. The number of rotatable bonds is 3. The molecule has 1 fully saturated rings. The van der Waals surface area contributed by atoms with Crippen LogP contribution in [0.3, 0.4) is 0 Å². The van der Waals surface area contributed by atoms with Crippen LogP contribution >= 0.6 is 24.8 Å². The predicted molar refractivity (Wildman–Crippen MR) is 88.6 cm³/mol. The minimum atomic E-state index is -0.452. The van der Waals surface area contributed by atoms with Gasteiger partial charge in [-0.2, -0.15) is 0 Å². The molecule has 2 aromatic rings. The maximum Gasteiger partial charge on any atom is 0.252 e. The van der Waals surface area contributed by atoms with E-state index in [9.17, 15) is 4.79 Å². The fourth-order valence-electron chi connectivity index (χ4n) is 2.52. The highest BCUT2D eigenvalue weighted by Gasteiger charge is 2.18. The van der Waals surface area contributed by atoms with Gasteiger partial charge in [-0.05, 0) is 32.0 Å². The van der Waals surface area contributed by atoms with Crippen molar-refractivity contribution in [3.8, 4) is 0 Å². The van der Waals surface area contributed by atoms with Gasteiger partial charge < -0.3 is 21.4 Å². The van der Waals surface area contributed by atoms with Crippen LogP contribution in [-0.2, 0) is 0 Å². The molecule has 0 unspecified atom stereocenters. The fraction of sp³-hybridized carbons (Fsp3) is 0.385. The van der Waals surface area contributed by atoms with Crippen molar-refractivity contribution in [1.82, 2.24) is 15.3 Å². The molecule has 1 aliphatic heterocycles. The first-order valence-electron chi connectivity index (χ1n) is 6.49. The Bertz CT molecular complexity index is 610. The molecule has 0 radical (unpaired) electrons. The molecule has 0 spiro atoms. The van der Waals surface area contributed by atoms with Crippen LogP contribution in [0.25, 0.3) is 11.0 Å². The lowest BCUT2D eigenvalue weighted by Crippen LogP contribution is -2.35. The summed E-state index contributed by atoms with van der Waals surface area (Å²) in [5, 5.41) is 7.69. The Morgan fingerprint density at radius 2 is 2.05 bits per heavy atom. The van der Waals surface area contributed by atoms with Crippen LogP contribution in [0.15, 0.2) is 18.5 Å². The number of H-pyrrole nitrogens is 1. The second-order valence-electron chi connectivity index (χ2n) is 4.82. The van der Waals surface area contributed by atoms with Crippen molar-refractivity contribution in [2.24, 2.45) is 5.73 Å². The lowest BCUT2D eigenvalue weighted by molar-refractivity contribution is 0.100. The zero-order chi connectivity index (χ0) is 13.2. The summed E-state index contributed by atoms with van der Waals surface area (Å²) in [5.41, 5.74) is 7.45. The van der Waals surface area contributed by atoms with E-state index >= 15 is 0 Å². The van der Waals surface area contributed by atoms with Crippen LogP contribution in [0.2, 0.25) is 0 Å². The maximum atomic E-state index is 11.5. The summed E-state index contributed by atoms with van der Waals surface area (Å²) in [6, 6.07) is 2.28. The Morgan fingerprint density at radius 1 is 1.33 bits per heavy atom. The molecule has 0 saturated carbocycles. The number of halogens is 2. The van der Waals surface area contributed by atoms with Crippen molar-refractivity contribution in [3.05, 3.63) is 24.0 Å². The van der Waals surface area contributed by atoms with E-state index in [1.807, 2.05) is 12.3 Å². The van der Waals surface area contributed by atoms with Crippen molar-refractivity contribution in [1.29, 1.82) is 0 Å². The summed E-state index contributed by atoms with van der Waals surface area (Å²) in [6.07, 6.45) is 5.42. The first-order chi connectivity index (χ1) is 9.25. The smallest absolute Gasteiger partial charge is 0.252 e. The van der Waals surface area contributed by atoms with Gasteiger partial charge in [0.25, 0.3) is 5.91 Å². The van der Waals surface area contributed by atoms with Gasteiger partial charge in [0, 0.05) is 23.8 Å². The quantitative estimate of drug-likeness (QED) is 0.687. The zero-order valence-corrected chi connectivity index (χ0v) is 13.0. The molecule has 0 bridgehead atoms. The third kappa shape index (κ3) is 3.58. The van der Waals surface area contributed by atoms with Gasteiger partial charge >= 0.3 is 0 Å². The van der Waals surface area contributed by atoms with Crippen LogP contribution in [0.1, 0.15) is 23.2 Å². The van der Waals surface area contributed by atoms with Crippen molar-refractivity contribution < 1.29 is 4.79 Å². The number of nitrogens with zero attached hydrogens (tertiary/aromatic N) is 1. The van der Waals surface area contributed by atoms with Crippen molar-refractivity contribution in [3.63, 3.8) is 0 Å². The van der Waals surface area contributed by atoms with E-state index in [0.717, 1.165) is 42.7 Å². The van der Waals surface area contributed by atoms with E-state index in [2.05, 4.69) is 20.6 Å². The number of nitrogens with two attached hydrogens (primary N) is 1. The number of anilines is 1. The fourth-order valence-corrected chi connectivity index (χ4v) is 2.52. The van der Waals surface area contributed by atoms with Crippen LogP contribution in [0.5, 0.6) is 0 Å². The van der Waals surface area contributed by atoms with Gasteiger partial charge in [0.15, 0.2) is 0 Å². The minimum absolute atomic E-state index is 0. The number of piperidine rings is 1. The summed E-state index contributed by atoms with van der Waals surface area (Å²) in [4.78, 5) is 18.8. The summed E-state index contributed by atoms with van der Waals surface area (Å²) < 4.78 is 0. The van der Waals surface area contributed by atoms with E-state index < -0.39 is 5.91 Å². The number of fused-ring (bicyclic) bond motifs is 1. The average Bonchev–Trinajstić information content (AvgIpc) is 2.88. The third-order valence-electron chi connectivity index (χ3n) is 3.54. The second kappa shape index (κ2) is 7.49. The van der Waals surface area contributed by atoms with E-state index in [-0.39, 0.29) is 24.8 Å². The van der Waals surface area contributed by atoms with Crippen LogP contribution in [0, 0.1) is 0 Å². The Morgan fingerprint density at radius 3 is 2.71 bits per heavy atom. The van der Waals surface area contributed by atoms with Gasteiger partial charge in [-0.3, -0.25) is 4.79 Å². The minimum Gasteiger partial charge on any atom is -0.381 e. The molecule has 1 amide bonds. The van der Waals surface area contributed by atoms with Gasteiger partial charge in [-0.1, -0.05) is 0 Å². The number of aromatic amines is 1. The lowest BCUT2D eigenvalue weighted by Gasteiger charge is -2.25. The topological polar surface area (TPSA) is 95.8 Å². The third-order valence-corrected chi connectivity index (χ3v) is 3.54. The standard InChI is InChI=1S/C13H17N5O.2ClH/c14-12(19)10-7-17-13-9(3-6-16-13)11(10)18-8-1-4-15-5-2-8;;/h3,6-8,15H,1-2,4-5H2,(H2,14,19)(H2,16,17,18);2*1H. The van der Waals surface area contributed by atoms with Crippen molar-refractivity contribution >= 4 is 47.4 Å². The molecule has 1 aliphatic rings. The molecule has 2 aromatic heterocycles. The summed E-state index contributed by atoms with van der Waals surface area (Å²) >= 11 is 0. The molecule has 116 valence electrons. The predicted octanol–water partition coefficient (Wildman–Crippen LogP) is 1.67. The number of hydrogen-bond donors (Lipinski definition) is 4. The Labute approximate surface area is 135 Å². The lowest BCUT2D eigenvalue weighted by atomic mass is 10.0. The zero-order valence-electron chi connectivity index (χ0n) is 11.4. The van der Waals surface area contributed by atoms with Gasteiger partial charge in [-0.25, -0.2) is 4.98 Å². The SMILES string of the molecule is Cl.Cl.NC(=O)c1cnc2[nH]ccc2c1NC1CCNCC1. The van der Waals surface area contributed by atoms with Gasteiger partial charge in [0.2, 0.25) is 0 Å². The van der Waals surface area contributed by atoms with Crippen molar-refractivity contribution in [2.45, 2.75) is 18.9 Å². The molecular formula is C13H19Cl2N5O. The monoisotopic (exact) mass is 331 g/mol.